The average Bonchev–Trinajstić information content (AvgIpc) is 3.02. The van der Waals surface area contributed by atoms with E-state index in [4.69, 9.17) is 9.84 Å². The molecule has 1 N–H and O–H groups in total. The smallest absolute Gasteiger partial charge is 0.167 e. The monoisotopic (exact) mass is 272 g/mol. The number of ether oxygens (including phenoxy) is 1. The number of fused-ring (bicyclic) bond motifs is 1. The number of carbonyl (C=O) groups is 1. The first-order valence-corrected chi connectivity index (χ1v) is 6.62. The van der Waals surface area contributed by atoms with Crippen molar-refractivity contribution in [3.63, 3.8) is 0 Å². The molecule has 1 aromatic heterocycles. The molecule has 1 aliphatic rings. The second-order valence-electron chi connectivity index (χ2n) is 4.77. The Kier molecular flexibility index (Phi) is 3.28. The lowest BCUT2D eigenvalue weighted by Crippen LogP contribution is -2.07. The van der Waals surface area contributed by atoms with E-state index < -0.39 is 0 Å². The highest BCUT2D eigenvalue weighted by Crippen LogP contribution is 2.33. The number of aliphatic hydroxyl groups is 1. The van der Waals surface area contributed by atoms with Crippen molar-refractivity contribution in [3.05, 3.63) is 35.5 Å². The number of rotatable bonds is 4. The summed E-state index contributed by atoms with van der Waals surface area (Å²) in [6.45, 7) is 0.430. The second kappa shape index (κ2) is 5.09. The molecule has 0 radical (unpaired) electrons. The van der Waals surface area contributed by atoms with Crippen LogP contribution in [-0.4, -0.2) is 34.4 Å². The molecular formula is C15H16N2O3. The summed E-state index contributed by atoms with van der Waals surface area (Å²) in [6.07, 6.45) is 1.22. The van der Waals surface area contributed by atoms with Gasteiger partial charge in [-0.2, -0.15) is 5.10 Å². The van der Waals surface area contributed by atoms with Gasteiger partial charge in [-0.15, -0.1) is 0 Å². The van der Waals surface area contributed by atoms with Crippen LogP contribution < -0.4 is 4.74 Å². The van der Waals surface area contributed by atoms with Gasteiger partial charge in [-0.25, -0.2) is 0 Å². The number of carbonyl (C=O) groups excluding carboxylic acids is 1. The third kappa shape index (κ3) is 2.00. The first kappa shape index (κ1) is 12.9. The molecule has 20 heavy (non-hydrogen) atoms. The van der Waals surface area contributed by atoms with Crippen LogP contribution in [0.3, 0.4) is 0 Å². The number of benzene rings is 1. The van der Waals surface area contributed by atoms with Crippen molar-refractivity contribution < 1.29 is 14.6 Å². The Balaban J connectivity index is 2.13. The van der Waals surface area contributed by atoms with Gasteiger partial charge in [0.25, 0.3) is 0 Å². The third-order valence-corrected chi connectivity index (χ3v) is 3.58. The minimum atomic E-state index is 0.0138. The Morgan fingerprint density at radius 2 is 2.25 bits per heavy atom. The van der Waals surface area contributed by atoms with Crippen LogP contribution in [0.1, 0.15) is 22.5 Å². The van der Waals surface area contributed by atoms with Crippen LogP contribution in [0.15, 0.2) is 24.3 Å². The molecule has 0 bridgehead atoms. The van der Waals surface area contributed by atoms with Crippen molar-refractivity contribution in [2.75, 3.05) is 13.7 Å². The summed E-state index contributed by atoms with van der Waals surface area (Å²) in [5.41, 5.74) is 3.19. The van der Waals surface area contributed by atoms with E-state index in [0.717, 1.165) is 17.0 Å². The number of nitrogens with zero attached hydrogens (tertiary/aromatic N) is 2. The van der Waals surface area contributed by atoms with Crippen LogP contribution in [0.2, 0.25) is 0 Å². The van der Waals surface area contributed by atoms with Crippen LogP contribution in [0, 0.1) is 0 Å². The van der Waals surface area contributed by atoms with Crippen molar-refractivity contribution in [2.45, 2.75) is 19.4 Å². The molecule has 0 atom stereocenters. The lowest BCUT2D eigenvalue weighted by atomic mass is 10.1. The maximum absolute atomic E-state index is 12.1. The van der Waals surface area contributed by atoms with Crippen molar-refractivity contribution >= 4 is 5.78 Å². The summed E-state index contributed by atoms with van der Waals surface area (Å²) < 4.78 is 6.96. The van der Waals surface area contributed by atoms with Crippen molar-refractivity contribution in [1.82, 2.24) is 9.78 Å². The Morgan fingerprint density at radius 1 is 1.40 bits per heavy atom. The molecule has 5 heteroatoms. The van der Waals surface area contributed by atoms with Crippen LogP contribution in [0.25, 0.3) is 11.3 Å². The van der Waals surface area contributed by atoms with Crippen molar-refractivity contribution in [1.29, 1.82) is 0 Å². The van der Waals surface area contributed by atoms with E-state index in [1.807, 2.05) is 24.3 Å². The quantitative estimate of drug-likeness (QED) is 0.919. The molecule has 0 saturated carbocycles. The van der Waals surface area contributed by atoms with Gasteiger partial charge < -0.3 is 9.84 Å². The Morgan fingerprint density at radius 3 is 3.00 bits per heavy atom. The highest BCUT2D eigenvalue weighted by Gasteiger charge is 2.29. The van der Waals surface area contributed by atoms with Crippen LogP contribution in [-0.2, 0) is 13.0 Å². The van der Waals surface area contributed by atoms with Gasteiger partial charge in [0.15, 0.2) is 5.78 Å². The first-order chi connectivity index (χ1) is 9.74. The van der Waals surface area contributed by atoms with Gasteiger partial charge in [0.05, 0.1) is 31.5 Å². The number of Topliss-reactive ketones (excluding diaryl/α,β-unsaturated/α-hetero) is 1. The number of methoxy groups -OCH3 is 1. The Labute approximate surface area is 116 Å². The van der Waals surface area contributed by atoms with Gasteiger partial charge in [-0.05, 0) is 18.6 Å². The molecule has 0 amide bonds. The van der Waals surface area contributed by atoms with E-state index in [9.17, 15) is 4.79 Å². The zero-order chi connectivity index (χ0) is 14.1. The predicted molar refractivity (Wildman–Crippen MR) is 74.0 cm³/mol. The Bertz CT molecular complexity index is 661. The van der Waals surface area contributed by atoms with Gasteiger partial charge in [-0.1, -0.05) is 12.1 Å². The SMILES string of the molecule is COc1cccc(-c2nn(CCO)c3c2C(=O)CC3)c1. The molecule has 0 spiro atoms. The molecule has 0 aliphatic heterocycles. The number of hydrogen-bond donors (Lipinski definition) is 1. The number of aromatic nitrogens is 2. The number of aliphatic hydroxyl groups excluding tert-OH is 1. The highest BCUT2D eigenvalue weighted by molar-refractivity contribution is 6.05. The third-order valence-electron chi connectivity index (χ3n) is 3.58. The van der Waals surface area contributed by atoms with E-state index in [-0.39, 0.29) is 12.4 Å². The zero-order valence-electron chi connectivity index (χ0n) is 11.3. The maximum Gasteiger partial charge on any atom is 0.167 e. The molecule has 0 unspecified atom stereocenters. The van der Waals surface area contributed by atoms with Crippen LogP contribution in [0.5, 0.6) is 5.75 Å². The van der Waals surface area contributed by atoms with Crippen molar-refractivity contribution in [2.24, 2.45) is 0 Å². The fraction of sp³-hybridized carbons (Fsp3) is 0.333. The zero-order valence-corrected chi connectivity index (χ0v) is 11.3. The van der Waals surface area contributed by atoms with Crippen LogP contribution in [0.4, 0.5) is 0 Å². The van der Waals surface area contributed by atoms with Gasteiger partial charge in [0.2, 0.25) is 0 Å². The van der Waals surface area contributed by atoms with E-state index in [2.05, 4.69) is 5.10 Å². The number of ketones is 1. The van der Waals surface area contributed by atoms with E-state index in [0.29, 0.717) is 30.6 Å². The average molecular weight is 272 g/mol. The summed E-state index contributed by atoms with van der Waals surface area (Å²) in [4.78, 5) is 12.1. The molecule has 5 nitrogen and oxygen atoms in total. The lowest BCUT2D eigenvalue weighted by molar-refractivity contribution is 0.0995. The molecule has 3 rings (SSSR count). The summed E-state index contributed by atoms with van der Waals surface area (Å²) in [5.74, 6) is 0.861. The minimum Gasteiger partial charge on any atom is -0.497 e. The fourth-order valence-corrected chi connectivity index (χ4v) is 2.65. The summed E-state index contributed by atoms with van der Waals surface area (Å²) >= 11 is 0. The molecule has 104 valence electrons. The largest absolute Gasteiger partial charge is 0.497 e. The van der Waals surface area contributed by atoms with Gasteiger partial charge in [0.1, 0.15) is 11.4 Å². The molecule has 2 aromatic rings. The predicted octanol–water partition coefficient (Wildman–Crippen LogP) is 1.68. The maximum atomic E-state index is 12.1. The summed E-state index contributed by atoms with van der Waals surface area (Å²) in [5, 5.41) is 13.6. The van der Waals surface area contributed by atoms with Gasteiger partial charge in [0, 0.05) is 12.0 Å². The molecule has 1 aromatic carbocycles. The summed E-state index contributed by atoms with van der Waals surface area (Å²) in [6, 6.07) is 7.53. The lowest BCUT2D eigenvalue weighted by Gasteiger charge is -2.03. The van der Waals surface area contributed by atoms with E-state index in [1.165, 1.54) is 0 Å². The second-order valence-corrected chi connectivity index (χ2v) is 4.77. The number of hydrogen-bond acceptors (Lipinski definition) is 4. The Hall–Kier alpha value is -2.14. The minimum absolute atomic E-state index is 0.0138. The molecule has 1 heterocycles. The molecular weight excluding hydrogens is 256 g/mol. The van der Waals surface area contributed by atoms with Gasteiger partial charge >= 0.3 is 0 Å². The summed E-state index contributed by atoms with van der Waals surface area (Å²) in [7, 11) is 1.61. The first-order valence-electron chi connectivity index (χ1n) is 6.62. The molecule has 0 saturated heterocycles. The molecule has 1 aliphatic carbocycles. The van der Waals surface area contributed by atoms with Gasteiger partial charge in [-0.3, -0.25) is 9.48 Å². The van der Waals surface area contributed by atoms with Crippen molar-refractivity contribution in [3.8, 4) is 17.0 Å². The topological polar surface area (TPSA) is 64.3 Å². The normalized spacial score (nSPS) is 13.6. The molecule has 0 fully saturated rings. The standard InChI is InChI=1S/C15H16N2O3/c1-20-11-4-2-3-10(9-11)15-14-12(5-6-13(14)19)17(16-15)7-8-18/h2-4,9,18H,5-8H2,1H3. The fourth-order valence-electron chi connectivity index (χ4n) is 2.65. The van der Waals surface area contributed by atoms with Crippen LogP contribution >= 0.6 is 0 Å². The van der Waals surface area contributed by atoms with E-state index in [1.54, 1.807) is 11.8 Å². The highest BCUT2D eigenvalue weighted by atomic mass is 16.5. The van der Waals surface area contributed by atoms with E-state index >= 15 is 0 Å².